The summed E-state index contributed by atoms with van der Waals surface area (Å²) in [5.41, 5.74) is 2.25. The first-order valence-electron chi connectivity index (χ1n) is 4.13. The smallest absolute Gasteiger partial charge is 0.0890 e. The van der Waals surface area contributed by atoms with Gasteiger partial charge in [0, 0.05) is 0 Å². The zero-order valence-corrected chi connectivity index (χ0v) is 6.86. The molecule has 0 N–H and O–H groups in total. The highest BCUT2D eigenvalue weighted by Gasteiger charge is 2.06. The summed E-state index contributed by atoms with van der Waals surface area (Å²) >= 11 is 0. The van der Waals surface area contributed by atoms with Crippen LogP contribution in [0.15, 0.2) is 35.3 Å². The summed E-state index contributed by atoms with van der Waals surface area (Å²) in [6, 6.07) is 10.2. The molecule has 2 heteroatoms. The molecule has 2 nitrogen and oxygen atoms in total. The monoisotopic (exact) mass is 161 g/mol. The maximum atomic E-state index is 5.31. The molecule has 2 rings (SSSR count). The van der Waals surface area contributed by atoms with Crippen molar-refractivity contribution in [2.45, 2.75) is 0 Å². The standard InChI is InChI=1S/C10H11NO/c1-2-4-9(5-3-1)10-8-12-7-6-11-10/h1-5H,6-8H2. The molecule has 0 aromatic heterocycles. The molecule has 0 saturated heterocycles. The van der Waals surface area contributed by atoms with Gasteiger partial charge < -0.3 is 4.74 Å². The van der Waals surface area contributed by atoms with Gasteiger partial charge >= 0.3 is 0 Å². The quantitative estimate of drug-likeness (QED) is 0.611. The van der Waals surface area contributed by atoms with Gasteiger partial charge in [-0.2, -0.15) is 0 Å². The van der Waals surface area contributed by atoms with E-state index in [1.165, 1.54) is 5.56 Å². The Morgan fingerprint density at radius 2 is 2.00 bits per heavy atom. The van der Waals surface area contributed by atoms with Crippen LogP contribution in [0.25, 0.3) is 0 Å². The molecule has 0 unspecified atom stereocenters. The molecule has 1 heterocycles. The molecular formula is C10H11NO. The third-order valence-corrected chi connectivity index (χ3v) is 1.88. The first kappa shape index (κ1) is 7.50. The van der Waals surface area contributed by atoms with E-state index in [-0.39, 0.29) is 0 Å². The molecule has 0 aliphatic carbocycles. The van der Waals surface area contributed by atoms with Crippen molar-refractivity contribution in [3.63, 3.8) is 0 Å². The van der Waals surface area contributed by atoms with Gasteiger partial charge in [0.2, 0.25) is 0 Å². The lowest BCUT2D eigenvalue weighted by atomic mass is 10.1. The van der Waals surface area contributed by atoms with Gasteiger partial charge in [0.05, 0.1) is 25.5 Å². The predicted octanol–water partition coefficient (Wildman–Crippen LogP) is 1.51. The number of hydrogen-bond acceptors (Lipinski definition) is 2. The molecule has 1 aromatic carbocycles. The topological polar surface area (TPSA) is 21.6 Å². The second-order valence-corrected chi connectivity index (χ2v) is 2.75. The minimum absolute atomic E-state index is 0.657. The average Bonchev–Trinajstić information content (AvgIpc) is 2.21. The fourth-order valence-corrected chi connectivity index (χ4v) is 1.26. The van der Waals surface area contributed by atoms with Crippen molar-refractivity contribution in [3.8, 4) is 0 Å². The Balaban J connectivity index is 2.24. The summed E-state index contributed by atoms with van der Waals surface area (Å²) in [5.74, 6) is 0. The molecule has 0 amide bonds. The van der Waals surface area contributed by atoms with E-state index in [1.54, 1.807) is 0 Å². The number of aliphatic imine (C=N–C) groups is 1. The minimum Gasteiger partial charge on any atom is -0.373 e. The van der Waals surface area contributed by atoms with Crippen molar-refractivity contribution in [2.24, 2.45) is 4.99 Å². The normalized spacial score (nSPS) is 17.2. The summed E-state index contributed by atoms with van der Waals surface area (Å²) in [4.78, 5) is 4.39. The lowest BCUT2D eigenvalue weighted by Gasteiger charge is -2.12. The molecule has 1 aliphatic heterocycles. The Hall–Kier alpha value is -1.15. The number of nitrogens with zero attached hydrogens (tertiary/aromatic N) is 1. The lowest BCUT2D eigenvalue weighted by molar-refractivity contribution is 0.171. The Bertz CT molecular complexity index is 279. The second kappa shape index (κ2) is 3.50. The van der Waals surface area contributed by atoms with Crippen LogP contribution < -0.4 is 0 Å². The maximum Gasteiger partial charge on any atom is 0.0890 e. The van der Waals surface area contributed by atoms with Crippen LogP contribution in [-0.4, -0.2) is 25.5 Å². The lowest BCUT2D eigenvalue weighted by Crippen LogP contribution is -2.18. The van der Waals surface area contributed by atoms with Crippen molar-refractivity contribution >= 4 is 5.71 Å². The summed E-state index contributed by atoms with van der Waals surface area (Å²) in [5, 5.41) is 0. The summed E-state index contributed by atoms with van der Waals surface area (Å²) in [7, 11) is 0. The van der Waals surface area contributed by atoms with E-state index in [9.17, 15) is 0 Å². The Labute approximate surface area is 71.9 Å². The zero-order chi connectivity index (χ0) is 8.23. The molecule has 1 aliphatic rings. The van der Waals surface area contributed by atoms with Crippen LogP contribution >= 0.6 is 0 Å². The van der Waals surface area contributed by atoms with Crippen LogP contribution in [-0.2, 0) is 4.74 Å². The maximum absolute atomic E-state index is 5.31. The minimum atomic E-state index is 0.657. The average molecular weight is 161 g/mol. The van der Waals surface area contributed by atoms with Crippen LogP contribution in [0.4, 0.5) is 0 Å². The number of rotatable bonds is 1. The van der Waals surface area contributed by atoms with Gasteiger partial charge in [-0.1, -0.05) is 30.3 Å². The van der Waals surface area contributed by atoms with E-state index in [4.69, 9.17) is 4.74 Å². The Morgan fingerprint density at radius 3 is 2.67 bits per heavy atom. The van der Waals surface area contributed by atoms with Gasteiger partial charge in [-0.05, 0) is 5.56 Å². The van der Waals surface area contributed by atoms with Gasteiger partial charge in [-0.15, -0.1) is 0 Å². The van der Waals surface area contributed by atoms with Crippen LogP contribution in [0.1, 0.15) is 5.56 Å². The van der Waals surface area contributed by atoms with Crippen molar-refractivity contribution in [1.82, 2.24) is 0 Å². The number of benzene rings is 1. The van der Waals surface area contributed by atoms with E-state index in [0.29, 0.717) is 6.61 Å². The number of hydrogen-bond donors (Lipinski definition) is 0. The molecule has 0 fully saturated rings. The molecular weight excluding hydrogens is 150 g/mol. The predicted molar refractivity (Wildman–Crippen MR) is 48.7 cm³/mol. The van der Waals surface area contributed by atoms with Crippen LogP contribution in [0.5, 0.6) is 0 Å². The second-order valence-electron chi connectivity index (χ2n) is 2.75. The highest BCUT2D eigenvalue weighted by Crippen LogP contribution is 2.04. The van der Waals surface area contributed by atoms with Crippen molar-refractivity contribution in [3.05, 3.63) is 35.9 Å². The molecule has 0 bridgehead atoms. The van der Waals surface area contributed by atoms with E-state index in [0.717, 1.165) is 18.9 Å². The first-order chi connectivity index (χ1) is 5.97. The van der Waals surface area contributed by atoms with Gasteiger partial charge in [0.25, 0.3) is 0 Å². The molecule has 0 spiro atoms. The van der Waals surface area contributed by atoms with Crippen LogP contribution in [0.2, 0.25) is 0 Å². The number of ether oxygens (including phenoxy) is 1. The zero-order valence-electron chi connectivity index (χ0n) is 6.86. The van der Waals surface area contributed by atoms with E-state index < -0.39 is 0 Å². The van der Waals surface area contributed by atoms with Crippen molar-refractivity contribution in [1.29, 1.82) is 0 Å². The van der Waals surface area contributed by atoms with Gasteiger partial charge in [-0.3, -0.25) is 4.99 Å². The highest BCUT2D eigenvalue weighted by molar-refractivity contribution is 6.01. The fourth-order valence-electron chi connectivity index (χ4n) is 1.26. The fraction of sp³-hybridized carbons (Fsp3) is 0.300. The molecule has 0 atom stereocenters. The first-order valence-corrected chi connectivity index (χ1v) is 4.13. The molecule has 0 radical (unpaired) electrons. The third-order valence-electron chi connectivity index (χ3n) is 1.88. The van der Waals surface area contributed by atoms with Crippen molar-refractivity contribution in [2.75, 3.05) is 19.8 Å². The Morgan fingerprint density at radius 1 is 1.17 bits per heavy atom. The van der Waals surface area contributed by atoms with Gasteiger partial charge in [0.1, 0.15) is 0 Å². The van der Waals surface area contributed by atoms with E-state index in [1.807, 2.05) is 18.2 Å². The van der Waals surface area contributed by atoms with Crippen LogP contribution in [0.3, 0.4) is 0 Å². The molecule has 0 saturated carbocycles. The summed E-state index contributed by atoms with van der Waals surface area (Å²) in [6.45, 7) is 2.21. The SMILES string of the molecule is c1ccc(C2=NCCOC2)cc1. The molecule has 1 aromatic rings. The molecule has 12 heavy (non-hydrogen) atoms. The third kappa shape index (κ3) is 1.53. The summed E-state index contributed by atoms with van der Waals surface area (Å²) in [6.07, 6.45) is 0. The Kier molecular flexibility index (Phi) is 2.19. The van der Waals surface area contributed by atoms with E-state index in [2.05, 4.69) is 17.1 Å². The largest absolute Gasteiger partial charge is 0.373 e. The van der Waals surface area contributed by atoms with Crippen molar-refractivity contribution < 1.29 is 4.74 Å². The van der Waals surface area contributed by atoms with E-state index >= 15 is 0 Å². The molecule has 62 valence electrons. The summed E-state index contributed by atoms with van der Waals surface area (Å²) < 4.78 is 5.31. The van der Waals surface area contributed by atoms with Gasteiger partial charge in [-0.25, -0.2) is 0 Å². The highest BCUT2D eigenvalue weighted by atomic mass is 16.5. The van der Waals surface area contributed by atoms with Crippen LogP contribution in [0, 0.1) is 0 Å². The van der Waals surface area contributed by atoms with Gasteiger partial charge in [0.15, 0.2) is 0 Å².